The van der Waals surface area contributed by atoms with Gasteiger partial charge in [-0.2, -0.15) is 5.10 Å². The van der Waals surface area contributed by atoms with Gasteiger partial charge in [0.25, 0.3) is 11.8 Å². The van der Waals surface area contributed by atoms with Crippen LogP contribution < -0.4 is 20.2 Å². The van der Waals surface area contributed by atoms with E-state index in [-0.39, 0.29) is 46.1 Å². The van der Waals surface area contributed by atoms with Crippen molar-refractivity contribution in [2.24, 2.45) is 0 Å². The fourth-order valence-corrected chi connectivity index (χ4v) is 7.71. The number of fused-ring (bicyclic) bond motifs is 1. The van der Waals surface area contributed by atoms with Crippen LogP contribution in [0.3, 0.4) is 0 Å². The van der Waals surface area contributed by atoms with Crippen molar-refractivity contribution >= 4 is 65.1 Å². The van der Waals surface area contributed by atoms with Crippen LogP contribution in [-0.4, -0.2) is 64.9 Å². The molecule has 0 radical (unpaired) electrons. The zero-order chi connectivity index (χ0) is 32.1. The van der Waals surface area contributed by atoms with Gasteiger partial charge < -0.3 is 19.9 Å². The standard InChI is InChI=1S/C30H31Cl2N6O6P/c1-18(30(41)43-2)37-45(42,44-25-12-5-8-19-7-3-4-9-21(19)25)38-15-13-20(14-16-38)34-29(40)27-24(17-33-36-27)35-28(39)26-22(31)10-6-11-23(26)32/h3-12,17-18,20H,13-16H2,1-2H3,(H,33,36)(H,34,40)(H,35,39)(H,37,42)/t18-,45?/m0/s1. The van der Waals surface area contributed by atoms with Crippen LogP contribution in [-0.2, 0) is 14.1 Å². The number of halogens is 2. The molecule has 2 amide bonds. The van der Waals surface area contributed by atoms with Gasteiger partial charge in [0, 0.05) is 30.7 Å². The maximum Gasteiger partial charge on any atom is 0.393 e. The number of esters is 1. The van der Waals surface area contributed by atoms with Gasteiger partial charge in [-0.25, -0.2) is 14.3 Å². The Morgan fingerprint density at radius 3 is 2.38 bits per heavy atom. The number of hydrogen-bond donors (Lipinski definition) is 4. The molecule has 1 unspecified atom stereocenters. The Labute approximate surface area is 269 Å². The van der Waals surface area contributed by atoms with E-state index in [1.54, 1.807) is 23.7 Å². The number of piperidine rings is 1. The van der Waals surface area contributed by atoms with Crippen molar-refractivity contribution in [3.63, 3.8) is 0 Å². The minimum Gasteiger partial charge on any atom is -0.468 e. The molecule has 2 atom stereocenters. The van der Waals surface area contributed by atoms with Gasteiger partial charge in [0.05, 0.1) is 28.4 Å². The summed E-state index contributed by atoms with van der Waals surface area (Å²) in [6.07, 6.45) is 2.23. The second-order valence-electron chi connectivity index (χ2n) is 10.4. The van der Waals surface area contributed by atoms with E-state index in [0.29, 0.717) is 18.6 Å². The summed E-state index contributed by atoms with van der Waals surface area (Å²) in [6, 6.07) is 16.5. The topological polar surface area (TPSA) is 155 Å². The van der Waals surface area contributed by atoms with Gasteiger partial charge in [-0.1, -0.05) is 65.7 Å². The number of aromatic nitrogens is 2. The third-order valence-corrected chi connectivity index (χ3v) is 10.3. The molecule has 0 spiro atoms. The lowest BCUT2D eigenvalue weighted by Crippen LogP contribution is -2.47. The highest BCUT2D eigenvalue weighted by Crippen LogP contribution is 2.50. The number of hydrogen-bond acceptors (Lipinski definition) is 7. The molecular weight excluding hydrogens is 642 g/mol. The summed E-state index contributed by atoms with van der Waals surface area (Å²) in [5, 5.41) is 17.1. The summed E-state index contributed by atoms with van der Waals surface area (Å²) in [5.41, 5.74) is 0.207. The zero-order valence-corrected chi connectivity index (χ0v) is 26.8. The predicted molar refractivity (Wildman–Crippen MR) is 172 cm³/mol. The van der Waals surface area contributed by atoms with Crippen molar-refractivity contribution in [3.05, 3.63) is 88.2 Å². The number of benzene rings is 3. The lowest BCUT2D eigenvalue weighted by atomic mass is 10.1. The molecule has 0 bridgehead atoms. The normalized spacial score (nSPS) is 16.0. The molecule has 1 aliphatic heterocycles. The van der Waals surface area contributed by atoms with Crippen LogP contribution in [0.15, 0.2) is 66.9 Å². The smallest absolute Gasteiger partial charge is 0.393 e. The number of H-pyrrole nitrogens is 1. The molecular formula is C30H31Cl2N6O6P. The number of methoxy groups -OCH3 is 1. The summed E-state index contributed by atoms with van der Waals surface area (Å²) in [6.45, 7) is 2.12. The monoisotopic (exact) mass is 672 g/mol. The molecule has 4 aromatic rings. The van der Waals surface area contributed by atoms with Gasteiger partial charge in [-0.05, 0) is 43.4 Å². The van der Waals surface area contributed by atoms with Crippen LogP contribution in [0.2, 0.25) is 10.0 Å². The van der Waals surface area contributed by atoms with E-state index in [1.165, 1.54) is 25.4 Å². The van der Waals surface area contributed by atoms with Gasteiger partial charge in [0.15, 0.2) is 5.69 Å². The first-order valence-corrected chi connectivity index (χ1v) is 16.4. The molecule has 45 heavy (non-hydrogen) atoms. The maximum absolute atomic E-state index is 14.5. The molecule has 236 valence electrons. The van der Waals surface area contributed by atoms with Crippen molar-refractivity contribution in [3.8, 4) is 5.75 Å². The predicted octanol–water partition coefficient (Wildman–Crippen LogP) is 5.65. The van der Waals surface area contributed by atoms with E-state index in [9.17, 15) is 18.9 Å². The third-order valence-electron chi connectivity index (χ3n) is 7.36. The Morgan fingerprint density at radius 1 is 1.00 bits per heavy atom. The molecule has 3 aromatic carbocycles. The van der Waals surface area contributed by atoms with Crippen LogP contribution in [0.4, 0.5) is 5.69 Å². The van der Waals surface area contributed by atoms with Crippen molar-refractivity contribution in [1.82, 2.24) is 25.3 Å². The number of amides is 2. The fraction of sp³-hybridized carbons (Fsp3) is 0.267. The van der Waals surface area contributed by atoms with E-state index in [0.717, 1.165) is 10.8 Å². The first-order valence-electron chi connectivity index (χ1n) is 14.1. The lowest BCUT2D eigenvalue weighted by Gasteiger charge is -2.37. The van der Waals surface area contributed by atoms with E-state index < -0.39 is 31.5 Å². The van der Waals surface area contributed by atoms with E-state index in [2.05, 4.69) is 25.9 Å². The molecule has 1 saturated heterocycles. The Balaban J connectivity index is 1.27. The van der Waals surface area contributed by atoms with Crippen LogP contribution in [0, 0.1) is 0 Å². The summed E-state index contributed by atoms with van der Waals surface area (Å²) < 4.78 is 27.2. The number of ether oxygens (including phenoxy) is 1. The molecule has 4 N–H and O–H groups in total. The molecule has 5 rings (SSSR count). The van der Waals surface area contributed by atoms with Crippen molar-refractivity contribution in [2.75, 3.05) is 25.5 Å². The highest BCUT2D eigenvalue weighted by Gasteiger charge is 2.40. The number of carbonyl (C=O) groups excluding carboxylic acids is 3. The number of rotatable bonds is 10. The van der Waals surface area contributed by atoms with Gasteiger partial charge in [0.1, 0.15) is 11.8 Å². The summed E-state index contributed by atoms with van der Waals surface area (Å²) in [4.78, 5) is 38.3. The van der Waals surface area contributed by atoms with Crippen LogP contribution in [0.1, 0.15) is 40.6 Å². The average Bonchev–Trinajstić information content (AvgIpc) is 3.49. The highest BCUT2D eigenvalue weighted by molar-refractivity contribution is 7.54. The molecule has 15 heteroatoms. The Hall–Kier alpha value is -3.93. The minimum absolute atomic E-state index is 0.0208. The summed E-state index contributed by atoms with van der Waals surface area (Å²) >= 11 is 12.3. The summed E-state index contributed by atoms with van der Waals surface area (Å²) in [5.74, 6) is -1.28. The van der Waals surface area contributed by atoms with Crippen LogP contribution in [0.5, 0.6) is 5.75 Å². The minimum atomic E-state index is -3.83. The number of nitrogens with one attached hydrogen (secondary N) is 4. The van der Waals surface area contributed by atoms with Crippen LogP contribution in [0.25, 0.3) is 10.8 Å². The molecule has 2 heterocycles. The molecule has 0 saturated carbocycles. The number of aromatic amines is 1. The van der Waals surface area contributed by atoms with E-state index >= 15 is 0 Å². The zero-order valence-electron chi connectivity index (χ0n) is 24.4. The van der Waals surface area contributed by atoms with Crippen molar-refractivity contribution in [1.29, 1.82) is 0 Å². The van der Waals surface area contributed by atoms with Gasteiger partial charge in [-0.3, -0.25) is 19.5 Å². The molecule has 1 aromatic heterocycles. The Bertz CT molecular complexity index is 1750. The first-order chi connectivity index (χ1) is 21.6. The largest absolute Gasteiger partial charge is 0.468 e. The Morgan fingerprint density at radius 2 is 1.67 bits per heavy atom. The molecule has 0 aliphatic carbocycles. The van der Waals surface area contributed by atoms with Gasteiger partial charge in [0.2, 0.25) is 0 Å². The summed E-state index contributed by atoms with van der Waals surface area (Å²) in [7, 11) is -2.57. The maximum atomic E-state index is 14.5. The quantitative estimate of drug-likeness (QED) is 0.123. The molecule has 12 nitrogen and oxygen atoms in total. The molecule has 1 aliphatic rings. The van der Waals surface area contributed by atoms with Gasteiger partial charge in [-0.15, -0.1) is 0 Å². The average molecular weight is 673 g/mol. The van der Waals surface area contributed by atoms with Gasteiger partial charge >= 0.3 is 13.6 Å². The SMILES string of the molecule is COC(=O)[C@H](C)NP(=O)(Oc1cccc2ccccc12)N1CCC(NC(=O)c2n[nH]cc2NC(=O)c2c(Cl)cccc2Cl)CC1. The van der Waals surface area contributed by atoms with Crippen LogP contribution >= 0.6 is 30.9 Å². The third kappa shape index (κ3) is 7.32. The van der Waals surface area contributed by atoms with E-state index in [4.69, 9.17) is 32.5 Å². The Kier molecular flexibility index (Phi) is 10.1. The van der Waals surface area contributed by atoms with Crippen molar-refractivity contribution < 1.29 is 28.2 Å². The van der Waals surface area contributed by atoms with Crippen molar-refractivity contribution in [2.45, 2.75) is 31.8 Å². The molecule has 1 fully saturated rings. The lowest BCUT2D eigenvalue weighted by molar-refractivity contribution is -0.142. The highest BCUT2D eigenvalue weighted by atomic mass is 35.5. The first kappa shape index (κ1) is 32.5. The number of nitrogens with zero attached hydrogens (tertiary/aromatic N) is 2. The second kappa shape index (κ2) is 14.0. The van der Waals surface area contributed by atoms with E-state index in [1.807, 2.05) is 36.4 Å². The number of anilines is 1. The fourth-order valence-electron chi connectivity index (χ4n) is 5.03. The number of carbonyl (C=O) groups is 3. The second-order valence-corrected chi connectivity index (χ2v) is 13.2.